The van der Waals surface area contributed by atoms with Crippen molar-refractivity contribution in [2.45, 2.75) is 20.8 Å². The molecule has 0 unspecified atom stereocenters. The second kappa shape index (κ2) is 2.08. The molecule has 0 saturated carbocycles. The molecule has 0 fully saturated rings. The number of hydrogen-bond donors (Lipinski definition) is 0. The Labute approximate surface area is 61.4 Å². The van der Waals surface area contributed by atoms with E-state index in [-0.39, 0.29) is 11.2 Å². The van der Waals surface area contributed by atoms with Crippen molar-refractivity contribution in [1.29, 1.82) is 0 Å². The first-order chi connectivity index (χ1) is 4.52. The van der Waals surface area contributed by atoms with Gasteiger partial charge in [-0.2, -0.15) is 0 Å². The molecule has 1 heteroatoms. The van der Waals surface area contributed by atoms with Gasteiger partial charge in [0.2, 0.25) is 0 Å². The summed E-state index contributed by atoms with van der Waals surface area (Å²) in [6, 6.07) is 0. The van der Waals surface area contributed by atoms with E-state index in [1.807, 2.05) is 13.0 Å². The highest BCUT2D eigenvalue weighted by atomic mass is 16.1. The van der Waals surface area contributed by atoms with Crippen molar-refractivity contribution < 1.29 is 4.79 Å². The van der Waals surface area contributed by atoms with Crippen molar-refractivity contribution in [1.82, 2.24) is 0 Å². The van der Waals surface area contributed by atoms with Crippen molar-refractivity contribution in [3.05, 3.63) is 23.8 Å². The molecule has 0 amide bonds. The lowest BCUT2D eigenvalue weighted by Crippen LogP contribution is -2.14. The van der Waals surface area contributed by atoms with E-state index >= 15 is 0 Å². The number of hydrogen-bond acceptors (Lipinski definition) is 1. The first kappa shape index (κ1) is 7.26. The summed E-state index contributed by atoms with van der Waals surface area (Å²) in [4.78, 5) is 10.8. The van der Waals surface area contributed by atoms with E-state index in [2.05, 4.69) is 13.8 Å². The monoisotopic (exact) mass is 136 g/mol. The topological polar surface area (TPSA) is 17.1 Å². The van der Waals surface area contributed by atoms with Crippen LogP contribution in [0.1, 0.15) is 20.8 Å². The summed E-state index contributed by atoms with van der Waals surface area (Å²) in [5.74, 6) is 0.108. The molecule has 0 aliphatic heterocycles. The molecule has 1 nitrogen and oxygen atoms in total. The lowest BCUT2D eigenvalue weighted by molar-refractivity contribution is -0.110. The quantitative estimate of drug-likeness (QED) is 0.498. The van der Waals surface area contributed by atoms with Gasteiger partial charge >= 0.3 is 0 Å². The minimum Gasteiger partial charge on any atom is -0.290 e. The molecule has 0 aromatic rings. The molecule has 0 atom stereocenters. The molecule has 1 aliphatic rings. The lowest BCUT2D eigenvalue weighted by atomic mass is 9.81. The van der Waals surface area contributed by atoms with Gasteiger partial charge in [-0.1, -0.05) is 25.5 Å². The third-order valence-corrected chi connectivity index (χ3v) is 2.04. The first-order valence-corrected chi connectivity index (χ1v) is 3.44. The van der Waals surface area contributed by atoms with Crippen LogP contribution in [0.4, 0.5) is 0 Å². The third kappa shape index (κ3) is 1.18. The smallest absolute Gasteiger partial charge is 0.178 e. The number of rotatable bonds is 0. The average Bonchev–Trinajstić information content (AvgIpc) is 1.81. The zero-order valence-electron chi connectivity index (χ0n) is 6.64. The summed E-state index contributed by atoms with van der Waals surface area (Å²) in [6.07, 6.45) is 5.28. The van der Waals surface area contributed by atoms with E-state index in [4.69, 9.17) is 0 Å². The lowest BCUT2D eigenvalue weighted by Gasteiger charge is -2.23. The van der Waals surface area contributed by atoms with Crippen LogP contribution in [0.15, 0.2) is 23.8 Å². The first-order valence-electron chi connectivity index (χ1n) is 3.44. The Balaban J connectivity index is 2.97. The normalized spacial score (nSPS) is 22.7. The van der Waals surface area contributed by atoms with Gasteiger partial charge in [0, 0.05) is 5.41 Å². The van der Waals surface area contributed by atoms with Gasteiger partial charge in [0.25, 0.3) is 0 Å². The summed E-state index contributed by atoms with van der Waals surface area (Å²) in [5, 5.41) is 0. The molecule has 10 heavy (non-hydrogen) atoms. The van der Waals surface area contributed by atoms with Gasteiger partial charge < -0.3 is 0 Å². The predicted octanol–water partition coefficient (Wildman–Crippen LogP) is 2.10. The Morgan fingerprint density at radius 1 is 1.40 bits per heavy atom. The van der Waals surface area contributed by atoms with Crippen LogP contribution in [-0.4, -0.2) is 5.78 Å². The van der Waals surface area contributed by atoms with Crippen LogP contribution in [0.5, 0.6) is 0 Å². The maximum absolute atomic E-state index is 10.8. The largest absolute Gasteiger partial charge is 0.290 e. The van der Waals surface area contributed by atoms with Crippen molar-refractivity contribution in [2.24, 2.45) is 5.41 Å². The molecule has 0 spiro atoms. The highest BCUT2D eigenvalue weighted by Crippen LogP contribution is 2.29. The van der Waals surface area contributed by atoms with Gasteiger partial charge in [-0.3, -0.25) is 4.79 Å². The molecular formula is C9H12O. The average molecular weight is 136 g/mol. The van der Waals surface area contributed by atoms with Crippen molar-refractivity contribution in [3.63, 3.8) is 0 Å². The van der Waals surface area contributed by atoms with E-state index < -0.39 is 0 Å². The van der Waals surface area contributed by atoms with Crippen LogP contribution in [0, 0.1) is 5.41 Å². The molecule has 0 heterocycles. The number of allylic oxidation sites excluding steroid dienone is 4. The molecule has 0 radical (unpaired) electrons. The fraction of sp³-hybridized carbons (Fsp3) is 0.444. The minimum atomic E-state index is 0.0773. The Bertz CT molecular complexity index is 219. The number of carbonyl (C=O) groups excluding carboxylic acids is 1. The van der Waals surface area contributed by atoms with E-state index in [1.54, 1.807) is 12.2 Å². The number of carbonyl (C=O) groups is 1. The van der Waals surface area contributed by atoms with Gasteiger partial charge in [0.1, 0.15) is 0 Å². The van der Waals surface area contributed by atoms with Gasteiger partial charge in [0.05, 0.1) is 0 Å². The standard InChI is InChI=1S/C9H12O/c1-7-6-8(10)4-5-9(7,2)3/h4-6H,1-3H3. The second-order valence-corrected chi connectivity index (χ2v) is 3.28. The van der Waals surface area contributed by atoms with Crippen LogP contribution in [0.25, 0.3) is 0 Å². The Morgan fingerprint density at radius 2 is 2.00 bits per heavy atom. The molecule has 1 rings (SSSR count). The maximum atomic E-state index is 10.8. The highest BCUT2D eigenvalue weighted by molar-refractivity contribution is 6.01. The van der Waals surface area contributed by atoms with Gasteiger partial charge in [-0.25, -0.2) is 0 Å². The third-order valence-electron chi connectivity index (χ3n) is 2.04. The van der Waals surface area contributed by atoms with E-state index in [0.29, 0.717) is 0 Å². The number of ketones is 1. The van der Waals surface area contributed by atoms with Crippen molar-refractivity contribution in [2.75, 3.05) is 0 Å². The zero-order chi connectivity index (χ0) is 7.78. The molecule has 0 aromatic heterocycles. The Kier molecular flexibility index (Phi) is 1.51. The van der Waals surface area contributed by atoms with Gasteiger partial charge in [-0.05, 0) is 19.1 Å². The molecular weight excluding hydrogens is 124 g/mol. The molecule has 54 valence electrons. The fourth-order valence-corrected chi connectivity index (χ4v) is 0.869. The van der Waals surface area contributed by atoms with Crippen LogP contribution in [-0.2, 0) is 4.79 Å². The molecule has 0 saturated heterocycles. The van der Waals surface area contributed by atoms with E-state index in [9.17, 15) is 4.79 Å². The molecule has 0 bridgehead atoms. The van der Waals surface area contributed by atoms with E-state index in [1.165, 1.54) is 0 Å². The van der Waals surface area contributed by atoms with E-state index in [0.717, 1.165) is 5.57 Å². The molecule has 1 aliphatic carbocycles. The van der Waals surface area contributed by atoms with Crippen LogP contribution in [0.3, 0.4) is 0 Å². The fourth-order valence-electron chi connectivity index (χ4n) is 0.869. The molecule has 0 N–H and O–H groups in total. The summed E-state index contributed by atoms with van der Waals surface area (Å²) < 4.78 is 0. The van der Waals surface area contributed by atoms with Crippen LogP contribution in [0.2, 0.25) is 0 Å². The zero-order valence-corrected chi connectivity index (χ0v) is 6.64. The van der Waals surface area contributed by atoms with Gasteiger partial charge in [-0.15, -0.1) is 0 Å². The molecule has 0 aromatic carbocycles. The van der Waals surface area contributed by atoms with Crippen LogP contribution < -0.4 is 0 Å². The highest BCUT2D eigenvalue weighted by Gasteiger charge is 2.19. The SMILES string of the molecule is CC1=CC(=O)C=CC1(C)C. The van der Waals surface area contributed by atoms with Gasteiger partial charge in [0.15, 0.2) is 5.78 Å². The van der Waals surface area contributed by atoms with Crippen LogP contribution >= 0.6 is 0 Å². The Hall–Kier alpha value is -0.850. The maximum Gasteiger partial charge on any atom is 0.178 e. The predicted molar refractivity (Wildman–Crippen MR) is 41.7 cm³/mol. The summed E-state index contributed by atoms with van der Waals surface area (Å²) in [5.41, 5.74) is 1.22. The second-order valence-electron chi connectivity index (χ2n) is 3.28. The van der Waals surface area contributed by atoms with Crippen molar-refractivity contribution in [3.8, 4) is 0 Å². The Morgan fingerprint density at radius 3 is 2.40 bits per heavy atom. The summed E-state index contributed by atoms with van der Waals surface area (Å²) >= 11 is 0. The van der Waals surface area contributed by atoms with Crippen molar-refractivity contribution >= 4 is 5.78 Å². The summed E-state index contributed by atoms with van der Waals surface area (Å²) in [6.45, 7) is 6.19. The summed E-state index contributed by atoms with van der Waals surface area (Å²) in [7, 11) is 0. The minimum absolute atomic E-state index is 0.0773.